The first kappa shape index (κ1) is 9.48. The summed E-state index contributed by atoms with van der Waals surface area (Å²) >= 11 is 1.72. The van der Waals surface area contributed by atoms with Gasteiger partial charge in [0.25, 0.3) is 0 Å². The molecular weight excluding hydrogens is 218 g/mol. The van der Waals surface area contributed by atoms with Crippen LogP contribution in [0, 0.1) is 0 Å². The normalized spacial score (nSPS) is 11.1. The molecule has 0 bridgehead atoms. The minimum atomic E-state index is 0.813. The van der Waals surface area contributed by atoms with Crippen LogP contribution in [-0.4, -0.2) is 7.11 Å². The summed E-state index contributed by atoms with van der Waals surface area (Å²) < 4.78 is 7.74. The van der Waals surface area contributed by atoms with Gasteiger partial charge in [0.05, 0.1) is 11.8 Å². The molecule has 80 valence electrons. The Morgan fingerprint density at radius 3 is 2.75 bits per heavy atom. The first-order chi connectivity index (χ1) is 7.81. The van der Waals surface area contributed by atoms with E-state index in [-0.39, 0.29) is 0 Å². The number of ether oxygens (including phenoxy) is 1. The largest absolute Gasteiger partial charge is 0.495 e. The van der Waals surface area contributed by atoms with Crippen molar-refractivity contribution in [2.75, 3.05) is 12.8 Å². The van der Waals surface area contributed by atoms with E-state index in [4.69, 9.17) is 10.5 Å². The highest BCUT2D eigenvalue weighted by Crippen LogP contribution is 2.41. The number of hydrogen-bond donors (Lipinski definition) is 1. The van der Waals surface area contributed by atoms with Gasteiger partial charge in [0, 0.05) is 21.2 Å². The minimum absolute atomic E-state index is 0.813. The second-order valence-corrected chi connectivity index (χ2v) is 4.71. The summed E-state index contributed by atoms with van der Waals surface area (Å²) in [4.78, 5) is 0. The summed E-state index contributed by atoms with van der Waals surface area (Å²) in [5.41, 5.74) is 6.85. The molecule has 0 saturated heterocycles. The second-order valence-electron chi connectivity index (χ2n) is 3.66. The molecule has 2 N–H and O–H groups in total. The van der Waals surface area contributed by atoms with Crippen molar-refractivity contribution in [1.82, 2.24) is 0 Å². The highest BCUT2D eigenvalue weighted by Gasteiger charge is 2.11. The molecular formula is C13H11NOS. The summed E-state index contributed by atoms with van der Waals surface area (Å²) in [6, 6.07) is 12.1. The summed E-state index contributed by atoms with van der Waals surface area (Å²) in [6.45, 7) is 0. The van der Waals surface area contributed by atoms with E-state index in [1.807, 2.05) is 24.3 Å². The minimum Gasteiger partial charge on any atom is -0.495 e. The topological polar surface area (TPSA) is 35.2 Å². The van der Waals surface area contributed by atoms with Crippen molar-refractivity contribution in [2.24, 2.45) is 0 Å². The van der Waals surface area contributed by atoms with Crippen molar-refractivity contribution in [1.29, 1.82) is 0 Å². The SMILES string of the molecule is COc1ccc(N)c2c1sc1ccccc12. The van der Waals surface area contributed by atoms with Gasteiger partial charge in [-0.2, -0.15) is 0 Å². The van der Waals surface area contributed by atoms with Crippen molar-refractivity contribution >= 4 is 37.2 Å². The molecule has 0 saturated carbocycles. The van der Waals surface area contributed by atoms with E-state index in [1.54, 1.807) is 18.4 Å². The zero-order valence-electron chi connectivity index (χ0n) is 8.86. The molecule has 1 heterocycles. The standard InChI is InChI=1S/C13H11NOS/c1-15-10-7-6-9(14)12-8-4-2-3-5-11(8)16-13(10)12/h2-7H,14H2,1H3. The van der Waals surface area contributed by atoms with E-state index < -0.39 is 0 Å². The molecule has 0 radical (unpaired) electrons. The smallest absolute Gasteiger partial charge is 0.136 e. The van der Waals surface area contributed by atoms with E-state index >= 15 is 0 Å². The number of nitrogens with two attached hydrogens (primary N) is 1. The Morgan fingerprint density at radius 1 is 1.12 bits per heavy atom. The molecule has 3 rings (SSSR count). The highest BCUT2D eigenvalue weighted by molar-refractivity contribution is 7.26. The Balaban J connectivity index is 2.58. The molecule has 1 aromatic heterocycles. The number of benzene rings is 2. The van der Waals surface area contributed by atoms with Gasteiger partial charge in [-0.3, -0.25) is 0 Å². The number of nitrogen functional groups attached to an aromatic ring is 1. The zero-order valence-corrected chi connectivity index (χ0v) is 9.67. The number of thiophene rings is 1. The third-order valence-corrected chi connectivity index (χ3v) is 3.93. The van der Waals surface area contributed by atoms with E-state index in [9.17, 15) is 0 Å². The van der Waals surface area contributed by atoms with Gasteiger partial charge in [-0.05, 0) is 18.2 Å². The summed E-state index contributed by atoms with van der Waals surface area (Å²) in [6.07, 6.45) is 0. The molecule has 0 aliphatic heterocycles. The Bertz CT molecular complexity index is 672. The van der Waals surface area contributed by atoms with Crippen LogP contribution in [0.1, 0.15) is 0 Å². The lowest BCUT2D eigenvalue weighted by molar-refractivity contribution is 0.420. The van der Waals surface area contributed by atoms with Gasteiger partial charge >= 0.3 is 0 Å². The fourth-order valence-corrected chi connectivity index (χ4v) is 3.22. The summed E-state index contributed by atoms with van der Waals surface area (Å²) in [5, 5.41) is 2.32. The number of hydrogen-bond acceptors (Lipinski definition) is 3. The van der Waals surface area contributed by atoms with Crippen molar-refractivity contribution < 1.29 is 4.74 Å². The maximum atomic E-state index is 6.04. The average Bonchev–Trinajstić information content (AvgIpc) is 2.69. The van der Waals surface area contributed by atoms with E-state index in [0.717, 1.165) is 21.5 Å². The summed E-state index contributed by atoms with van der Waals surface area (Å²) in [7, 11) is 1.69. The number of rotatable bonds is 1. The lowest BCUT2D eigenvalue weighted by Gasteiger charge is -2.03. The van der Waals surface area contributed by atoms with Crippen LogP contribution >= 0.6 is 11.3 Å². The average molecular weight is 229 g/mol. The van der Waals surface area contributed by atoms with E-state index in [1.165, 1.54) is 10.1 Å². The monoisotopic (exact) mass is 229 g/mol. The van der Waals surface area contributed by atoms with Crippen molar-refractivity contribution in [3.05, 3.63) is 36.4 Å². The van der Waals surface area contributed by atoms with Crippen molar-refractivity contribution in [2.45, 2.75) is 0 Å². The van der Waals surface area contributed by atoms with E-state index in [0.29, 0.717) is 0 Å². The van der Waals surface area contributed by atoms with Gasteiger partial charge in [-0.1, -0.05) is 18.2 Å². The number of methoxy groups -OCH3 is 1. The van der Waals surface area contributed by atoms with Crippen molar-refractivity contribution in [3.8, 4) is 5.75 Å². The lowest BCUT2D eigenvalue weighted by atomic mass is 10.1. The maximum Gasteiger partial charge on any atom is 0.136 e. The Kier molecular flexibility index (Phi) is 2.01. The van der Waals surface area contributed by atoms with E-state index in [2.05, 4.69) is 12.1 Å². The zero-order chi connectivity index (χ0) is 11.1. The molecule has 0 aliphatic carbocycles. The number of anilines is 1. The molecule has 0 aliphatic rings. The van der Waals surface area contributed by atoms with Crippen LogP contribution in [0.2, 0.25) is 0 Å². The molecule has 0 spiro atoms. The summed E-state index contributed by atoms with van der Waals surface area (Å²) in [5.74, 6) is 0.894. The third-order valence-electron chi connectivity index (χ3n) is 2.74. The van der Waals surface area contributed by atoms with Crippen LogP contribution in [-0.2, 0) is 0 Å². The molecule has 2 nitrogen and oxygen atoms in total. The van der Waals surface area contributed by atoms with Crippen LogP contribution in [0.5, 0.6) is 5.75 Å². The van der Waals surface area contributed by atoms with Gasteiger partial charge in [-0.15, -0.1) is 11.3 Å². The second kappa shape index (κ2) is 3.39. The third kappa shape index (κ3) is 1.18. The molecule has 2 aromatic carbocycles. The van der Waals surface area contributed by atoms with Crippen LogP contribution in [0.15, 0.2) is 36.4 Å². The number of fused-ring (bicyclic) bond motifs is 3. The Labute approximate surface area is 97.3 Å². The maximum absolute atomic E-state index is 6.04. The van der Waals surface area contributed by atoms with Gasteiger partial charge in [0.15, 0.2) is 0 Å². The molecule has 0 fully saturated rings. The predicted molar refractivity (Wildman–Crippen MR) is 70.3 cm³/mol. The van der Waals surface area contributed by atoms with Crippen molar-refractivity contribution in [3.63, 3.8) is 0 Å². The molecule has 16 heavy (non-hydrogen) atoms. The fourth-order valence-electron chi connectivity index (χ4n) is 1.99. The Morgan fingerprint density at radius 2 is 1.94 bits per heavy atom. The van der Waals surface area contributed by atoms with Gasteiger partial charge in [0.1, 0.15) is 5.75 Å². The first-order valence-electron chi connectivity index (χ1n) is 5.05. The quantitative estimate of drug-likeness (QED) is 0.646. The highest BCUT2D eigenvalue weighted by atomic mass is 32.1. The predicted octanol–water partition coefficient (Wildman–Crippen LogP) is 3.65. The molecule has 3 heteroatoms. The van der Waals surface area contributed by atoms with Gasteiger partial charge < -0.3 is 10.5 Å². The van der Waals surface area contributed by atoms with Crippen LogP contribution in [0.4, 0.5) is 5.69 Å². The van der Waals surface area contributed by atoms with Gasteiger partial charge in [-0.25, -0.2) is 0 Å². The van der Waals surface area contributed by atoms with Crippen LogP contribution in [0.3, 0.4) is 0 Å². The molecule has 0 atom stereocenters. The molecule has 0 amide bonds. The fraction of sp³-hybridized carbons (Fsp3) is 0.0769. The van der Waals surface area contributed by atoms with Crippen LogP contribution in [0.25, 0.3) is 20.2 Å². The van der Waals surface area contributed by atoms with Gasteiger partial charge in [0.2, 0.25) is 0 Å². The van der Waals surface area contributed by atoms with Crippen LogP contribution < -0.4 is 10.5 Å². The molecule has 3 aromatic rings. The lowest BCUT2D eigenvalue weighted by Crippen LogP contribution is -1.88. The first-order valence-corrected chi connectivity index (χ1v) is 5.86. The molecule has 0 unspecified atom stereocenters. The Hall–Kier alpha value is -1.74.